The standard InChI is InChI=1S/C18H20N2O5/c1-10(2)11-5-6-13(19-9-11)17(21)20-14-7-12(18(22)23)8-15(24-3)16(14)25-4/h5-10H,1-4H3,(H,20,21)(H,22,23). The molecule has 0 aliphatic rings. The quantitative estimate of drug-likeness (QED) is 0.835. The number of aromatic carboxylic acids is 1. The van der Waals surface area contributed by atoms with Gasteiger partial charge in [-0.2, -0.15) is 0 Å². The van der Waals surface area contributed by atoms with Crippen molar-refractivity contribution in [2.24, 2.45) is 0 Å². The highest BCUT2D eigenvalue weighted by Crippen LogP contribution is 2.36. The first-order valence-corrected chi connectivity index (χ1v) is 7.64. The lowest BCUT2D eigenvalue weighted by Crippen LogP contribution is -2.15. The Morgan fingerprint density at radius 2 is 1.88 bits per heavy atom. The molecule has 0 bridgehead atoms. The Hall–Kier alpha value is -3.09. The van der Waals surface area contributed by atoms with Gasteiger partial charge in [0.1, 0.15) is 5.69 Å². The van der Waals surface area contributed by atoms with Crippen LogP contribution in [0.3, 0.4) is 0 Å². The van der Waals surface area contributed by atoms with Crippen LogP contribution in [0.15, 0.2) is 30.5 Å². The molecule has 0 aliphatic carbocycles. The molecule has 1 heterocycles. The van der Waals surface area contributed by atoms with Crippen molar-refractivity contribution in [3.63, 3.8) is 0 Å². The van der Waals surface area contributed by atoms with Gasteiger partial charge in [-0.15, -0.1) is 0 Å². The molecule has 0 saturated heterocycles. The predicted octanol–water partition coefficient (Wildman–Crippen LogP) is 3.17. The second kappa shape index (κ2) is 7.65. The molecule has 0 radical (unpaired) electrons. The summed E-state index contributed by atoms with van der Waals surface area (Å²) in [4.78, 5) is 27.8. The maximum absolute atomic E-state index is 12.4. The molecule has 132 valence electrons. The summed E-state index contributed by atoms with van der Waals surface area (Å²) in [5, 5.41) is 11.8. The average Bonchev–Trinajstić information content (AvgIpc) is 2.60. The fourth-order valence-corrected chi connectivity index (χ4v) is 2.25. The summed E-state index contributed by atoms with van der Waals surface area (Å²) in [6.07, 6.45) is 1.64. The number of carbonyl (C=O) groups excluding carboxylic acids is 1. The van der Waals surface area contributed by atoms with Crippen molar-refractivity contribution in [1.29, 1.82) is 0 Å². The van der Waals surface area contributed by atoms with E-state index in [4.69, 9.17) is 9.47 Å². The summed E-state index contributed by atoms with van der Waals surface area (Å²) in [7, 11) is 2.80. The van der Waals surface area contributed by atoms with Crippen LogP contribution in [0.5, 0.6) is 11.5 Å². The Bertz CT molecular complexity index is 785. The molecule has 0 saturated carbocycles. The van der Waals surface area contributed by atoms with Crippen LogP contribution in [0, 0.1) is 0 Å². The van der Waals surface area contributed by atoms with E-state index >= 15 is 0 Å². The molecule has 2 N–H and O–H groups in total. The van der Waals surface area contributed by atoms with Gasteiger partial charge in [0.25, 0.3) is 5.91 Å². The third-order valence-electron chi connectivity index (χ3n) is 3.66. The molecule has 7 nitrogen and oxygen atoms in total. The Kier molecular flexibility index (Phi) is 5.59. The number of hydrogen-bond acceptors (Lipinski definition) is 5. The van der Waals surface area contributed by atoms with Gasteiger partial charge < -0.3 is 19.9 Å². The van der Waals surface area contributed by atoms with Gasteiger partial charge in [0, 0.05) is 6.20 Å². The van der Waals surface area contributed by atoms with Crippen LogP contribution in [0.25, 0.3) is 0 Å². The Morgan fingerprint density at radius 1 is 1.16 bits per heavy atom. The van der Waals surface area contributed by atoms with E-state index in [0.29, 0.717) is 5.92 Å². The van der Waals surface area contributed by atoms with E-state index in [1.165, 1.54) is 26.4 Å². The van der Waals surface area contributed by atoms with Gasteiger partial charge in [-0.1, -0.05) is 19.9 Å². The third-order valence-corrected chi connectivity index (χ3v) is 3.66. The van der Waals surface area contributed by atoms with E-state index in [0.717, 1.165) is 5.56 Å². The second-order valence-corrected chi connectivity index (χ2v) is 5.65. The highest BCUT2D eigenvalue weighted by atomic mass is 16.5. The fourth-order valence-electron chi connectivity index (χ4n) is 2.25. The topological polar surface area (TPSA) is 97.8 Å². The van der Waals surface area contributed by atoms with Crippen molar-refractivity contribution in [2.45, 2.75) is 19.8 Å². The smallest absolute Gasteiger partial charge is 0.335 e. The maximum atomic E-state index is 12.4. The lowest BCUT2D eigenvalue weighted by atomic mass is 10.1. The van der Waals surface area contributed by atoms with Crippen LogP contribution < -0.4 is 14.8 Å². The number of ether oxygens (including phenoxy) is 2. The van der Waals surface area contributed by atoms with Crippen LogP contribution in [0.2, 0.25) is 0 Å². The number of pyridine rings is 1. The molecule has 0 spiro atoms. The van der Waals surface area contributed by atoms with Gasteiger partial charge in [-0.25, -0.2) is 4.79 Å². The summed E-state index contributed by atoms with van der Waals surface area (Å²) < 4.78 is 10.4. The minimum absolute atomic E-state index is 0.0314. The maximum Gasteiger partial charge on any atom is 0.335 e. The van der Waals surface area contributed by atoms with E-state index in [1.54, 1.807) is 12.3 Å². The number of amides is 1. The number of rotatable bonds is 6. The Labute approximate surface area is 145 Å². The molecule has 0 fully saturated rings. The van der Waals surface area contributed by atoms with Crippen molar-refractivity contribution in [3.8, 4) is 11.5 Å². The Balaban J connectivity index is 2.36. The molecule has 2 aromatic rings. The van der Waals surface area contributed by atoms with E-state index in [1.807, 2.05) is 19.9 Å². The first kappa shape index (κ1) is 18.3. The molecule has 0 unspecified atom stereocenters. The number of anilines is 1. The van der Waals surface area contributed by atoms with Gasteiger partial charge in [-0.05, 0) is 29.7 Å². The minimum atomic E-state index is -1.14. The van der Waals surface area contributed by atoms with Gasteiger partial charge >= 0.3 is 5.97 Å². The molecule has 0 atom stereocenters. The monoisotopic (exact) mass is 344 g/mol. The lowest BCUT2D eigenvalue weighted by molar-refractivity contribution is 0.0696. The zero-order valence-corrected chi connectivity index (χ0v) is 14.5. The molecule has 25 heavy (non-hydrogen) atoms. The highest BCUT2D eigenvalue weighted by Gasteiger charge is 2.18. The predicted molar refractivity (Wildman–Crippen MR) is 92.8 cm³/mol. The van der Waals surface area contributed by atoms with Gasteiger partial charge in [0.15, 0.2) is 11.5 Å². The Morgan fingerprint density at radius 3 is 2.36 bits per heavy atom. The van der Waals surface area contributed by atoms with Crippen LogP contribution in [-0.4, -0.2) is 36.2 Å². The molecule has 1 aromatic heterocycles. The number of carboxylic acids is 1. The molecule has 1 amide bonds. The number of nitrogens with zero attached hydrogens (tertiary/aromatic N) is 1. The van der Waals surface area contributed by atoms with E-state index in [-0.39, 0.29) is 28.4 Å². The number of aromatic nitrogens is 1. The van der Waals surface area contributed by atoms with Crippen LogP contribution in [-0.2, 0) is 0 Å². The lowest BCUT2D eigenvalue weighted by Gasteiger charge is -2.15. The first-order valence-electron chi connectivity index (χ1n) is 7.64. The van der Waals surface area contributed by atoms with Gasteiger partial charge in [-0.3, -0.25) is 9.78 Å². The van der Waals surface area contributed by atoms with Crippen LogP contribution >= 0.6 is 0 Å². The molecular weight excluding hydrogens is 324 g/mol. The van der Waals surface area contributed by atoms with Crippen molar-refractivity contribution in [1.82, 2.24) is 4.98 Å². The normalized spacial score (nSPS) is 10.4. The number of methoxy groups -OCH3 is 2. The summed E-state index contributed by atoms with van der Waals surface area (Å²) in [5.74, 6) is -0.865. The average molecular weight is 344 g/mol. The SMILES string of the molecule is COc1cc(C(=O)O)cc(NC(=O)c2ccc(C(C)C)cn2)c1OC. The fraction of sp³-hybridized carbons (Fsp3) is 0.278. The zero-order chi connectivity index (χ0) is 18.6. The summed E-state index contributed by atoms with van der Waals surface area (Å²) >= 11 is 0. The molecule has 0 aliphatic heterocycles. The molecular formula is C18H20N2O5. The molecule has 2 rings (SSSR count). The zero-order valence-electron chi connectivity index (χ0n) is 14.5. The van der Waals surface area contributed by atoms with Gasteiger partial charge in [0.05, 0.1) is 25.5 Å². The number of carboxylic acid groups (broad SMARTS) is 1. The van der Waals surface area contributed by atoms with Gasteiger partial charge in [0.2, 0.25) is 0 Å². The van der Waals surface area contributed by atoms with Crippen LogP contribution in [0.1, 0.15) is 46.2 Å². The van der Waals surface area contributed by atoms with Crippen molar-refractivity contribution in [3.05, 3.63) is 47.3 Å². The van der Waals surface area contributed by atoms with Crippen molar-refractivity contribution in [2.75, 3.05) is 19.5 Å². The number of benzene rings is 1. The molecule has 1 aromatic carbocycles. The largest absolute Gasteiger partial charge is 0.493 e. The first-order chi connectivity index (χ1) is 11.9. The summed E-state index contributed by atoms with van der Waals surface area (Å²) in [6.45, 7) is 4.07. The van der Waals surface area contributed by atoms with Crippen molar-refractivity contribution >= 4 is 17.6 Å². The number of carbonyl (C=O) groups is 2. The summed E-state index contributed by atoms with van der Waals surface area (Å²) in [6, 6.07) is 6.09. The highest BCUT2D eigenvalue weighted by molar-refractivity contribution is 6.05. The minimum Gasteiger partial charge on any atom is -0.493 e. The number of hydrogen-bond donors (Lipinski definition) is 2. The van der Waals surface area contributed by atoms with E-state index in [2.05, 4.69) is 10.3 Å². The molecule has 7 heteroatoms. The summed E-state index contributed by atoms with van der Waals surface area (Å²) in [5.41, 5.74) is 1.39. The third kappa shape index (κ3) is 4.06. The van der Waals surface area contributed by atoms with E-state index in [9.17, 15) is 14.7 Å². The van der Waals surface area contributed by atoms with E-state index < -0.39 is 11.9 Å². The second-order valence-electron chi connectivity index (χ2n) is 5.65. The number of nitrogens with one attached hydrogen (secondary N) is 1. The van der Waals surface area contributed by atoms with Crippen LogP contribution in [0.4, 0.5) is 5.69 Å². The van der Waals surface area contributed by atoms with Crippen molar-refractivity contribution < 1.29 is 24.2 Å².